The van der Waals surface area contributed by atoms with E-state index < -0.39 is 5.97 Å². The van der Waals surface area contributed by atoms with Gasteiger partial charge in [0.2, 0.25) is 0 Å². The fourth-order valence-corrected chi connectivity index (χ4v) is 3.34. The highest BCUT2D eigenvalue weighted by atomic mass is 32.1. The topological polar surface area (TPSA) is 77.5 Å². The molecule has 6 nitrogen and oxygen atoms in total. The van der Waals surface area contributed by atoms with Gasteiger partial charge in [-0.15, -0.1) is 0 Å². The third-order valence-electron chi connectivity index (χ3n) is 3.70. The lowest BCUT2D eigenvalue weighted by molar-refractivity contribution is 0.0605. The number of carbonyl (C=O) groups is 2. The second-order valence-electron chi connectivity index (χ2n) is 5.28. The number of amides is 1. The molecule has 1 N–H and O–H groups in total. The van der Waals surface area contributed by atoms with Crippen molar-refractivity contribution in [1.82, 2.24) is 4.98 Å². The minimum atomic E-state index is -0.473. The van der Waals surface area contributed by atoms with E-state index in [1.54, 1.807) is 13.0 Å². The van der Waals surface area contributed by atoms with Crippen molar-refractivity contribution in [2.45, 2.75) is 6.92 Å². The summed E-state index contributed by atoms with van der Waals surface area (Å²) < 4.78 is 10.0. The number of anilines is 1. The van der Waals surface area contributed by atoms with Crippen molar-refractivity contribution >= 4 is 39.1 Å². The number of hydrogen-bond acceptors (Lipinski definition) is 6. The number of aryl methyl sites for hydroxylation is 1. The van der Waals surface area contributed by atoms with E-state index >= 15 is 0 Å². The number of thiazole rings is 1. The van der Waals surface area contributed by atoms with Crippen LogP contribution in [0.3, 0.4) is 0 Å². The maximum Gasteiger partial charge on any atom is 0.350 e. The van der Waals surface area contributed by atoms with E-state index in [-0.39, 0.29) is 5.91 Å². The molecular formula is C18H16N2O4S. The third kappa shape index (κ3) is 3.32. The van der Waals surface area contributed by atoms with E-state index in [2.05, 4.69) is 10.3 Å². The molecule has 0 aliphatic carbocycles. The summed E-state index contributed by atoms with van der Waals surface area (Å²) in [5.41, 5.74) is 0.909. The summed E-state index contributed by atoms with van der Waals surface area (Å²) in [6, 6.07) is 11.3. The molecule has 0 saturated carbocycles. The molecule has 0 radical (unpaired) electrons. The molecule has 0 bridgehead atoms. The number of nitrogens with one attached hydrogen (secondary N) is 1. The largest absolute Gasteiger partial charge is 0.496 e. The third-order valence-corrected chi connectivity index (χ3v) is 4.75. The first-order valence-electron chi connectivity index (χ1n) is 7.47. The van der Waals surface area contributed by atoms with Crippen LogP contribution >= 0.6 is 11.3 Å². The Morgan fingerprint density at radius 3 is 2.44 bits per heavy atom. The van der Waals surface area contributed by atoms with Crippen LogP contribution in [0.5, 0.6) is 5.75 Å². The number of nitrogens with zero attached hydrogens (tertiary/aromatic N) is 1. The highest BCUT2D eigenvalue weighted by Gasteiger charge is 2.19. The van der Waals surface area contributed by atoms with Crippen LogP contribution in [0.4, 0.5) is 5.13 Å². The monoisotopic (exact) mass is 356 g/mol. The molecule has 7 heteroatoms. The van der Waals surface area contributed by atoms with E-state index in [0.717, 1.165) is 22.1 Å². The van der Waals surface area contributed by atoms with Crippen molar-refractivity contribution in [2.24, 2.45) is 0 Å². The van der Waals surface area contributed by atoms with Gasteiger partial charge in [0.25, 0.3) is 5.91 Å². The summed E-state index contributed by atoms with van der Waals surface area (Å²) in [7, 11) is 2.82. The van der Waals surface area contributed by atoms with E-state index in [9.17, 15) is 9.59 Å². The van der Waals surface area contributed by atoms with Gasteiger partial charge in [-0.2, -0.15) is 0 Å². The molecule has 0 fully saturated rings. The lowest BCUT2D eigenvalue weighted by atomic mass is 10.1. The second kappa shape index (κ2) is 6.90. The molecule has 2 aromatic carbocycles. The van der Waals surface area contributed by atoms with Crippen LogP contribution in [0.15, 0.2) is 36.4 Å². The molecular weight excluding hydrogens is 340 g/mol. The second-order valence-corrected chi connectivity index (χ2v) is 6.28. The first-order valence-corrected chi connectivity index (χ1v) is 8.29. The van der Waals surface area contributed by atoms with E-state index in [1.165, 1.54) is 14.2 Å². The maximum absolute atomic E-state index is 12.7. The molecule has 0 unspecified atom stereocenters. The summed E-state index contributed by atoms with van der Waals surface area (Å²) in [5, 5.41) is 4.96. The maximum atomic E-state index is 12.7. The summed E-state index contributed by atoms with van der Waals surface area (Å²) in [4.78, 5) is 28.9. The Kier molecular flexibility index (Phi) is 4.67. The standard InChI is InChI=1S/C18H16N2O4S/c1-10-15(17(22)24-3)25-18(19-10)20-16(21)13-8-11-6-4-5-7-12(11)9-14(13)23-2/h4-9H,1-3H3,(H,19,20,21). The van der Waals surface area contributed by atoms with Crippen molar-refractivity contribution in [3.05, 3.63) is 52.5 Å². The van der Waals surface area contributed by atoms with Crippen LogP contribution < -0.4 is 10.1 Å². The van der Waals surface area contributed by atoms with Crippen LogP contribution in [0.25, 0.3) is 10.8 Å². The Bertz CT molecular complexity index is 965. The zero-order valence-corrected chi connectivity index (χ0v) is 14.8. The van der Waals surface area contributed by atoms with Gasteiger partial charge in [0.05, 0.1) is 25.5 Å². The summed E-state index contributed by atoms with van der Waals surface area (Å²) in [5.74, 6) is -0.357. The van der Waals surface area contributed by atoms with Crippen LogP contribution in [0.2, 0.25) is 0 Å². The number of rotatable bonds is 4. The Morgan fingerprint density at radius 1 is 1.12 bits per heavy atom. The molecule has 3 aromatic rings. The predicted octanol–water partition coefficient (Wildman–Crippen LogP) is 3.65. The molecule has 0 atom stereocenters. The number of esters is 1. The van der Waals surface area contributed by atoms with Crippen molar-refractivity contribution in [2.75, 3.05) is 19.5 Å². The Morgan fingerprint density at radius 2 is 1.80 bits per heavy atom. The Hall–Kier alpha value is -2.93. The lowest BCUT2D eigenvalue weighted by Crippen LogP contribution is -2.13. The molecule has 1 amide bonds. The summed E-state index contributed by atoms with van der Waals surface area (Å²) in [6.07, 6.45) is 0. The van der Waals surface area contributed by atoms with Crippen molar-refractivity contribution in [1.29, 1.82) is 0 Å². The average Bonchev–Trinajstić information content (AvgIpc) is 2.99. The van der Waals surface area contributed by atoms with Crippen molar-refractivity contribution in [3.63, 3.8) is 0 Å². The quantitative estimate of drug-likeness (QED) is 0.722. The van der Waals surface area contributed by atoms with Crippen molar-refractivity contribution < 1.29 is 19.1 Å². The smallest absolute Gasteiger partial charge is 0.350 e. The number of methoxy groups -OCH3 is 2. The highest BCUT2D eigenvalue weighted by Crippen LogP contribution is 2.28. The van der Waals surface area contributed by atoms with E-state index in [0.29, 0.717) is 27.0 Å². The Labute approximate surface area is 148 Å². The molecule has 1 aromatic heterocycles. The van der Waals surface area contributed by atoms with Crippen LogP contribution in [0, 0.1) is 6.92 Å². The van der Waals surface area contributed by atoms with Gasteiger partial charge in [-0.3, -0.25) is 10.1 Å². The normalized spacial score (nSPS) is 10.5. The van der Waals surface area contributed by atoms with Gasteiger partial charge in [-0.1, -0.05) is 35.6 Å². The van der Waals surface area contributed by atoms with Gasteiger partial charge in [0.15, 0.2) is 5.13 Å². The number of carbonyl (C=O) groups excluding carboxylic acids is 2. The molecule has 0 spiro atoms. The molecule has 128 valence electrons. The average molecular weight is 356 g/mol. The first-order chi connectivity index (χ1) is 12.0. The van der Waals surface area contributed by atoms with Gasteiger partial charge < -0.3 is 9.47 Å². The van der Waals surface area contributed by atoms with Gasteiger partial charge in [0, 0.05) is 0 Å². The van der Waals surface area contributed by atoms with Crippen molar-refractivity contribution in [3.8, 4) is 5.75 Å². The molecule has 0 aliphatic heterocycles. The van der Waals surface area contributed by atoms with Crippen LogP contribution in [-0.4, -0.2) is 31.1 Å². The van der Waals surface area contributed by atoms with Gasteiger partial charge in [0.1, 0.15) is 10.6 Å². The zero-order valence-electron chi connectivity index (χ0n) is 14.0. The predicted molar refractivity (Wildman–Crippen MR) is 96.6 cm³/mol. The van der Waals surface area contributed by atoms with Gasteiger partial charge >= 0.3 is 5.97 Å². The van der Waals surface area contributed by atoms with E-state index in [4.69, 9.17) is 9.47 Å². The van der Waals surface area contributed by atoms with Crippen LogP contribution in [0.1, 0.15) is 25.7 Å². The number of hydrogen-bond donors (Lipinski definition) is 1. The summed E-state index contributed by atoms with van der Waals surface area (Å²) in [6.45, 7) is 1.69. The Balaban J connectivity index is 1.93. The molecule has 1 heterocycles. The first kappa shape index (κ1) is 16.9. The van der Waals surface area contributed by atoms with Crippen LogP contribution in [-0.2, 0) is 4.74 Å². The fraction of sp³-hybridized carbons (Fsp3) is 0.167. The number of aromatic nitrogens is 1. The number of ether oxygens (including phenoxy) is 2. The minimum Gasteiger partial charge on any atom is -0.496 e. The summed E-state index contributed by atoms with van der Waals surface area (Å²) >= 11 is 1.07. The lowest BCUT2D eigenvalue weighted by Gasteiger charge is -2.10. The highest BCUT2D eigenvalue weighted by molar-refractivity contribution is 7.17. The zero-order chi connectivity index (χ0) is 18.0. The molecule has 25 heavy (non-hydrogen) atoms. The number of fused-ring (bicyclic) bond motifs is 1. The fourth-order valence-electron chi connectivity index (χ4n) is 2.46. The molecule has 0 aliphatic rings. The van der Waals surface area contributed by atoms with E-state index in [1.807, 2.05) is 30.3 Å². The molecule has 0 saturated heterocycles. The minimum absolute atomic E-state index is 0.332. The SMILES string of the molecule is COC(=O)c1sc(NC(=O)c2cc3ccccc3cc2OC)nc1C. The van der Waals surface area contributed by atoms with Gasteiger partial charge in [-0.25, -0.2) is 9.78 Å². The molecule has 3 rings (SSSR count). The van der Waals surface area contributed by atoms with Gasteiger partial charge in [-0.05, 0) is 29.8 Å². The number of benzene rings is 2.